The summed E-state index contributed by atoms with van der Waals surface area (Å²) < 4.78 is 85.0. The van der Waals surface area contributed by atoms with Gasteiger partial charge in [0.05, 0.1) is 5.56 Å². The lowest BCUT2D eigenvalue weighted by Gasteiger charge is -2.10. The molecule has 1 aromatic carbocycles. The Hall–Kier alpha value is -1.60. The molecule has 1 aromatic rings. The van der Waals surface area contributed by atoms with E-state index < -0.39 is 35.1 Å². The second-order valence-electron chi connectivity index (χ2n) is 3.05. The van der Waals surface area contributed by atoms with E-state index in [9.17, 15) is 35.5 Å². The monoisotopic (exact) mass is 260 g/mol. The van der Waals surface area contributed by atoms with Gasteiger partial charge in [0.25, 0.3) is 5.78 Å². The van der Waals surface area contributed by atoms with Crippen LogP contribution in [0.4, 0.5) is 30.7 Å². The Morgan fingerprint density at radius 1 is 0.941 bits per heavy atom. The van der Waals surface area contributed by atoms with Crippen LogP contribution in [0.2, 0.25) is 0 Å². The van der Waals surface area contributed by atoms with Gasteiger partial charge in [-0.1, -0.05) is 0 Å². The van der Waals surface area contributed by atoms with E-state index in [0.29, 0.717) is 0 Å². The zero-order valence-corrected chi connectivity index (χ0v) is 7.79. The second-order valence-corrected chi connectivity index (χ2v) is 3.05. The first-order valence-corrected chi connectivity index (χ1v) is 4.01. The summed E-state index contributed by atoms with van der Waals surface area (Å²) in [4.78, 5) is 10.6. The summed E-state index contributed by atoms with van der Waals surface area (Å²) in [5.74, 6) is -4.09. The van der Waals surface area contributed by atoms with Crippen LogP contribution in [-0.4, -0.2) is 12.0 Å². The molecule has 8 heteroatoms. The van der Waals surface area contributed by atoms with Gasteiger partial charge in [0.15, 0.2) is 0 Å². The molecule has 1 nitrogen and oxygen atoms in total. The van der Waals surface area contributed by atoms with Crippen LogP contribution in [0, 0.1) is 5.82 Å². The molecule has 0 aliphatic heterocycles. The van der Waals surface area contributed by atoms with Crippen LogP contribution in [0.3, 0.4) is 0 Å². The maximum absolute atomic E-state index is 12.7. The minimum atomic E-state index is -5.35. The van der Waals surface area contributed by atoms with Crippen molar-refractivity contribution in [3.63, 3.8) is 0 Å². The van der Waals surface area contributed by atoms with Crippen molar-refractivity contribution in [2.75, 3.05) is 0 Å². The highest BCUT2D eigenvalue weighted by atomic mass is 19.4. The van der Waals surface area contributed by atoms with E-state index in [2.05, 4.69) is 0 Å². The lowest BCUT2D eigenvalue weighted by atomic mass is 10.1. The molecule has 0 spiro atoms. The van der Waals surface area contributed by atoms with Gasteiger partial charge in [0, 0.05) is 5.56 Å². The largest absolute Gasteiger partial charge is 0.454 e. The summed E-state index contributed by atoms with van der Waals surface area (Å²) in [5.41, 5.74) is -3.03. The number of rotatable bonds is 1. The Labute approximate surface area is 89.8 Å². The van der Waals surface area contributed by atoms with Crippen LogP contribution >= 0.6 is 0 Å². The molecule has 0 aliphatic rings. The average Bonchev–Trinajstić information content (AvgIpc) is 2.12. The van der Waals surface area contributed by atoms with Crippen molar-refractivity contribution in [1.82, 2.24) is 0 Å². The quantitative estimate of drug-likeness (QED) is 0.557. The molecule has 0 heterocycles. The van der Waals surface area contributed by atoms with E-state index in [1.165, 1.54) is 0 Å². The minimum Gasteiger partial charge on any atom is -0.284 e. The summed E-state index contributed by atoms with van der Waals surface area (Å²) in [6, 6.07) is 0.0666. The predicted molar refractivity (Wildman–Crippen MR) is 41.8 cm³/mol. The summed E-state index contributed by atoms with van der Waals surface area (Å²) in [5, 5.41) is 0. The molecule has 0 aliphatic carbocycles. The van der Waals surface area contributed by atoms with Gasteiger partial charge in [-0.2, -0.15) is 26.3 Å². The van der Waals surface area contributed by atoms with E-state index in [1.54, 1.807) is 0 Å². The van der Waals surface area contributed by atoms with Gasteiger partial charge in [-0.15, -0.1) is 0 Å². The number of halogens is 7. The van der Waals surface area contributed by atoms with Gasteiger partial charge in [-0.05, 0) is 18.2 Å². The second kappa shape index (κ2) is 4.01. The fourth-order valence-electron chi connectivity index (χ4n) is 1.05. The van der Waals surface area contributed by atoms with Crippen molar-refractivity contribution in [3.8, 4) is 0 Å². The molecule has 94 valence electrons. The molecule has 0 aromatic heterocycles. The third kappa shape index (κ3) is 3.18. The summed E-state index contributed by atoms with van der Waals surface area (Å²) in [6.07, 6.45) is -10.4. The first kappa shape index (κ1) is 13.5. The summed E-state index contributed by atoms with van der Waals surface area (Å²) in [6.45, 7) is 0. The standard InChI is InChI=1S/C9H3F7O/c10-6-2-4(7(17)9(14,15)16)1-5(3-6)8(11,12)13/h1-3H. The van der Waals surface area contributed by atoms with Gasteiger partial charge >= 0.3 is 12.4 Å². The smallest absolute Gasteiger partial charge is 0.284 e. The van der Waals surface area contributed by atoms with Gasteiger partial charge in [0.1, 0.15) is 5.82 Å². The molecule has 0 N–H and O–H groups in total. The Kier molecular flexibility index (Phi) is 3.17. The van der Waals surface area contributed by atoms with Crippen molar-refractivity contribution in [3.05, 3.63) is 35.1 Å². The van der Waals surface area contributed by atoms with E-state index >= 15 is 0 Å². The van der Waals surface area contributed by atoms with Gasteiger partial charge < -0.3 is 0 Å². The van der Waals surface area contributed by atoms with Crippen molar-refractivity contribution >= 4 is 5.78 Å². The fraction of sp³-hybridized carbons (Fsp3) is 0.222. The van der Waals surface area contributed by atoms with Crippen LogP contribution in [0.15, 0.2) is 18.2 Å². The lowest BCUT2D eigenvalue weighted by molar-refractivity contribution is -0.137. The highest BCUT2D eigenvalue weighted by Gasteiger charge is 2.41. The molecule has 0 fully saturated rings. The SMILES string of the molecule is O=C(c1cc(F)cc(C(F)(F)F)c1)C(F)(F)F. The van der Waals surface area contributed by atoms with Crippen molar-refractivity contribution in [2.24, 2.45) is 0 Å². The third-order valence-electron chi connectivity index (χ3n) is 1.74. The van der Waals surface area contributed by atoms with Crippen molar-refractivity contribution in [1.29, 1.82) is 0 Å². The Balaban J connectivity index is 3.29. The maximum atomic E-state index is 12.7. The number of ketones is 1. The van der Waals surface area contributed by atoms with E-state index in [-0.39, 0.29) is 18.2 Å². The van der Waals surface area contributed by atoms with E-state index in [1.807, 2.05) is 0 Å². The summed E-state index contributed by atoms with van der Waals surface area (Å²) in [7, 11) is 0. The number of carbonyl (C=O) groups is 1. The molecule has 0 atom stereocenters. The number of benzene rings is 1. The summed E-state index contributed by atoms with van der Waals surface area (Å²) >= 11 is 0. The van der Waals surface area contributed by atoms with Crippen LogP contribution in [-0.2, 0) is 6.18 Å². The van der Waals surface area contributed by atoms with Gasteiger partial charge in [-0.3, -0.25) is 4.79 Å². The van der Waals surface area contributed by atoms with Crippen LogP contribution in [0.1, 0.15) is 15.9 Å². The maximum Gasteiger partial charge on any atom is 0.454 e. The number of carbonyl (C=O) groups excluding carboxylic acids is 1. The molecular formula is C9H3F7O. The van der Waals surface area contributed by atoms with E-state index in [4.69, 9.17) is 0 Å². The molecule has 1 rings (SSSR count). The number of Topliss-reactive ketones (excluding diaryl/α,β-unsaturated/α-hetero) is 1. The van der Waals surface area contributed by atoms with E-state index in [0.717, 1.165) is 0 Å². The number of hydrogen-bond donors (Lipinski definition) is 0. The molecule has 0 saturated carbocycles. The van der Waals surface area contributed by atoms with Crippen LogP contribution < -0.4 is 0 Å². The zero-order valence-electron chi connectivity index (χ0n) is 7.79. The molecule has 0 saturated heterocycles. The minimum absolute atomic E-state index is 0.00710. The molecule has 0 radical (unpaired) electrons. The lowest BCUT2D eigenvalue weighted by Crippen LogP contribution is -2.23. The first-order valence-electron chi connectivity index (χ1n) is 4.01. The zero-order chi connectivity index (χ0) is 13.4. The Morgan fingerprint density at radius 2 is 1.47 bits per heavy atom. The van der Waals surface area contributed by atoms with Crippen molar-refractivity contribution in [2.45, 2.75) is 12.4 Å². The van der Waals surface area contributed by atoms with Crippen molar-refractivity contribution < 1.29 is 35.5 Å². The Bertz CT molecular complexity index is 444. The molecule has 0 amide bonds. The number of hydrogen-bond acceptors (Lipinski definition) is 1. The average molecular weight is 260 g/mol. The molecule has 0 bridgehead atoms. The van der Waals surface area contributed by atoms with Gasteiger partial charge in [0.2, 0.25) is 0 Å². The fourth-order valence-corrected chi connectivity index (χ4v) is 1.05. The van der Waals surface area contributed by atoms with Gasteiger partial charge in [-0.25, -0.2) is 4.39 Å². The normalized spacial score (nSPS) is 12.6. The topological polar surface area (TPSA) is 17.1 Å². The molecule has 17 heavy (non-hydrogen) atoms. The highest BCUT2D eigenvalue weighted by molar-refractivity contribution is 6.00. The first-order chi connectivity index (χ1) is 7.51. The number of alkyl halides is 6. The highest BCUT2D eigenvalue weighted by Crippen LogP contribution is 2.32. The van der Waals surface area contributed by atoms with Crippen LogP contribution in [0.25, 0.3) is 0 Å². The molecular weight excluding hydrogens is 257 g/mol. The van der Waals surface area contributed by atoms with Crippen LogP contribution in [0.5, 0.6) is 0 Å². The predicted octanol–water partition coefficient (Wildman–Crippen LogP) is 3.59. The third-order valence-corrected chi connectivity index (χ3v) is 1.74. The Morgan fingerprint density at radius 3 is 1.88 bits per heavy atom. The molecule has 0 unspecified atom stereocenters.